The summed E-state index contributed by atoms with van der Waals surface area (Å²) in [6.45, 7) is 2.49. The molecule has 4 heteroatoms. The molecule has 1 heterocycles. The van der Waals surface area contributed by atoms with Gasteiger partial charge >= 0.3 is 0 Å². The zero-order valence-electron chi connectivity index (χ0n) is 7.66. The lowest BCUT2D eigenvalue weighted by atomic mass is 10.4. The van der Waals surface area contributed by atoms with Crippen molar-refractivity contribution in [2.24, 2.45) is 0 Å². The molecule has 1 aromatic heterocycles. The average molecular weight is 202 g/mol. The molecule has 0 aliphatic carbocycles. The molecule has 72 valence electrons. The molecule has 0 aliphatic heterocycles. The van der Waals surface area contributed by atoms with E-state index in [0.717, 1.165) is 0 Å². The summed E-state index contributed by atoms with van der Waals surface area (Å²) in [7, 11) is 1.64. The lowest BCUT2D eigenvalue weighted by Gasteiger charge is -2.12. The van der Waals surface area contributed by atoms with Gasteiger partial charge in [-0.15, -0.1) is 0 Å². The number of hydrogen-bond acceptors (Lipinski definition) is 3. The van der Waals surface area contributed by atoms with E-state index in [4.69, 9.17) is 21.1 Å². The zero-order valence-corrected chi connectivity index (χ0v) is 8.41. The van der Waals surface area contributed by atoms with E-state index in [0.29, 0.717) is 17.5 Å². The lowest BCUT2D eigenvalue weighted by Crippen LogP contribution is -2.17. The molecule has 1 aromatic rings. The van der Waals surface area contributed by atoms with Gasteiger partial charge in [0.15, 0.2) is 0 Å². The second kappa shape index (κ2) is 5.04. The van der Waals surface area contributed by atoms with Crippen LogP contribution in [0.3, 0.4) is 0 Å². The Bertz CT molecular complexity index is 250. The van der Waals surface area contributed by atoms with E-state index in [2.05, 4.69) is 4.98 Å². The summed E-state index contributed by atoms with van der Waals surface area (Å²) in [5.41, 5.74) is 0. The highest BCUT2D eigenvalue weighted by molar-refractivity contribution is 6.29. The fourth-order valence-corrected chi connectivity index (χ4v) is 1.04. The van der Waals surface area contributed by atoms with Gasteiger partial charge in [0, 0.05) is 7.11 Å². The van der Waals surface area contributed by atoms with Gasteiger partial charge in [0.2, 0.25) is 0 Å². The summed E-state index contributed by atoms with van der Waals surface area (Å²) in [5, 5.41) is 0.465. The van der Waals surface area contributed by atoms with Crippen molar-refractivity contribution in [3.8, 4) is 5.75 Å². The Morgan fingerprint density at radius 1 is 1.54 bits per heavy atom. The molecule has 0 bridgehead atoms. The smallest absolute Gasteiger partial charge is 0.138 e. The van der Waals surface area contributed by atoms with Crippen LogP contribution in [0.5, 0.6) is 5.75 Å². The maximum Gasteiger partial charge on any atom is 0.138 e. The number of rotatable bonds is 4. The van der Waals surface area contributed by atoms with E-state index in [1.54, 1.807) is 25.4 Å². The number of halogens is 1. The highest BCUT2D eigenvalue weighted by Crippen LogP contribution is 2.13. The first kappa shape index (κ1) is 10.3. The third-order valence-corrected chi connectivity index (χ3v) is 1.66. The van der Waals surface area contributed by atoms with Gasteiger partial charge in [-0.05, 0) is 19.1 Å². The second-order valence-corrected chi connectivity index (χ2v) is 3.09. The SMILES string of the molecule is COCC(C)Oc1ccc(Cl)nc1. The number of pyridine rings is 1. The van der Waals surface area contributed by atoms with Gasteiger partial charge in [-0.2, -0.15) is 0 Å². The number of ether oxygens (including phenoxy) is 2. The standard InChI is InChI=1S/C9H12ClNO2/c1-7(6-12-2)13-8-3-4-9(10)11-5-8/h3-5,7H,6H2,1-2H3. The number of hydrogen-bond donors (Lipinski definition) is 0. The van der Waals surface area contributed by atoms with E-state index in [9.17, 15) is 0 Å². The topological polar surface area (TPSA) is 31.4 Å². The largest absolute Gasteiger partial charge is 0.487 e. The Morgan fingerprint density at radius 2 is 2.31 bits per heavy atom. The van der Waals surface area contributed by atoms with Gasteiger partial charge in [-0.25, -0.2) is 4.98 Å². The molecule has 0 aliphatic rings. The molecule has 0 radical (unpaired) electrons. The number of methoxy groups -OCH3 is 1. The molecule has 3 nitrogen and oxygen atoms in total. The maximum atomic E-state index is 5.62. The molecular formula is C9H12ClNO2. The molecule has 0 amide bonds. The van der Waals surface area contributed by atoms with Crippen molar-refractivity contribution in [2.45, 2.75) is 13.0 Å². The van der Waals surface area contributed by atoms with Gasteiger partial charge < -0.3 is 9.47 Å². The molecule has 0 saturated heterocycles. The minimum Gasteiger partial charge on any atom is -0.487 e. The van der Waals surface area contributed by atoms with Gasteiger partial charge in [-0.3, -0.25) is 0 Å². The van der Waals surface area contributed by atoms with Gasteiger partial charge in [0.05, 0.1) is 12.8 Å². The second-order valence-electron chi connectivity index (χ2n) is 2.70. The Balaban J connectivity index is 2.49. The van der Waals surface area contributed by atoms with Crippen LogP contribution in [-0.2, 0) is 4.74 Å². The molecule has 0 spiro atoms. The molecule has 1 rings (SSSR count). The Labute approximate surface area is 82.6 Å². The van der Waals surface area contributed by atoms with E-state index in [-0.39, 0.29) is 6.10 Å². The van der Waals surface area contributed by atoms with Crippen LogP contribution in [0.15, 0.2) is 18.3 Å². The summed E-state index contributed by atoms with van der Waals surface area (Å²) >= 11 is 5.62. The Hall–Kier alpha value is -0.800. The predicted molar refractivity (Wildman–Crippen MR) is 51.2 cm³/mol. The summed E-state index contributed by atoms with van der Waals surface area (Å²) in [4.78, 5) is 3.89. The highest BCUT2D eigenvalue weighted by atomic mass is 35.5. The lowest BCUT2D eigenvalue weighted by molar-refractivity contribution is 0.0918. The third kappa shape index (κ3) is 3.61. The van der Waals surface area contributed by atoms with Crippen molar-refractivity contribution in [1.29, 1.82) is 0 Å². The summed E-state index contributed by atoms with van der Waals surface area (Å²) < 4.78 is 10.4. The van der Waals surface area contributed by atoms with E-state index < -0.39 is 0 Å². The monoisotopic (exact) mass is 201 g/mol. The minimum absolute atomic E-state index is 0.0213. The first-order chi connectivity index (χ1) is 6.22. The highest BCUT2D eigenvalue weighted by Gasteiger charge is 2.02. The molecule has 0 fully saturated rings. The summed E-state index contributed by atoms with van der Waals surface area (Å²) in [5.74, 6) is 0.703. The van der Waals surface area contributed by atoms with Gasteiger partial charge in [-0.1, -0.05) is 11.6 Å². The molecule has 1 atom stereocenters. The predicted octanol–water partition coefficient (Wildman–Crippen LogP) is 2.15. The molecule has 1 unspecified atom stereocenters. The average Bonchev–Trinajstić information content (AvgIpc) is 2.09. The summed E-state index contributed by atoms with van der Waals surface area (Å²) in [6.07, 6.45) is 1.61. The van der Waals surface area contributed by atoms with Crippen LogP contribution in [0.2, 0.25) is 5.15 Å². The van der Waals surface area contributed by atoms with Crippen molar-refractivity contribution in [3.63, 3.8) is 0 Å². The quantitative estimate of drug-likeness (QED) is 0.700. The molecular weight excluding hydrogens is 190 g/mol. The first-order valence-corrected chi connectivity index (χ1v) is 4.37. The fraction of sp³-hybridized carbons (Fsp3) is 0.444. The molecule has 0 aromatic carbocycles. The van der Waals surface area contributed by atoms with Crippen molar-refractivity contribution in [3.05, 3.63) is 23.5 Å². The van der Waals surface area contributed by atoms with E-state index >= 15 is 0 Å². The van der Waals surface area contributed by atoms with Gasteiger partial charge in [0.1, 0.15) is 17.0 Å². The van der Waals surface area contributed by atoms with Crippen LogP contribution in [-0.4, -0.2) is 24.8 Å². The van der Waals surface area contributed by atoms with Gasteiger partial charge in [0.25, 0.3) is 0 Å². The van der Waals surface area contributed by atoms with Crippen LogP contribution < -0.4 is 4.74 Å². The van der Waals surface area contributed by atoms with Crippen LogP contribution in [0.1, 0.15) is 6.92 Å². The first-order valence-electron chi connectivity index (χ1n) is 3.99. The van der Waals surface area contributed by atoms with Crippen molar-refractivity contribution in [1.82, 2.24) is 4.98 Å². The van der Waals surface area contributed by atoms with Crippen LogP contribution in [0, 0.1) is 0 Å². The van der Waals surface area contributed by atoms with Crippen LogP contribution >= 0.6 is 11.6 Å². The minimum atomic E-state index is 0.0213. The Kier molecular flexibility index (Phi) is 3.99. The zero-order chi connectivity index (χ0) is 9.68. The maximum absolute atomic E-state index is 5.62. The molecule has 13 heavy (non-hydrogen) atoms. The van der Waals surface area contributed by atoms with Crippen molar-refractivity contribution in [2.75, 3.05) is 13.7 Å². The number of aromatic nitrogens is 1. The van der Waals surface area contributed by atoms with Crippen molar-refractivity contribution < 1.29 is 9.47 Å². The molecule has 0 N–H and O–H groups in total. The summed E-state index contributed by atoms with van der Waals surface area (Å²) in [6, 6.07) is 3.47. The fourth-order valence-electron chi connectivity index (χ4n) is 0.933. The van der Waals surface area contributed by atoms with Crippen LogP contribution in [0.25, 0.3) is 0 Å². The number of nitrogens with zero attached hydrogens (tertiary/aromatic N) is 1. The third-order valence-electron chi connectivity index (χ3n) is 1.44. The van der Waals surface area contributed by atoms with E-state index in [1.165, 1.54) is 0 Å². The van der Waals surface area contributed by atoms with Crippen molar-refractivity contribution >= 4 is 11.6 Å². The van der Waals surface area contributed by atoms with E-state index in [1.807, 2.05) is 6.92 Å². The van der Waals surface area contributed by atoms with Crippen LogP contribution in [0.4, 0.5) is 0 Å². The Morgan fingerprint density at radius 3 is 2.85 bits per heavy atom. The normalized spacial score (nSPS) is 12.5. The molecule has 0 saturated carbocycles.